The Kier molecular flexibility index (Phi) is 5.98. The molecule has 2 aromatic rings. The van der Waals surface area contributed by atoms with Gasteiger partial charge in [0.1, 0.15) is 5.76 Å². The molecule has 0 aliphatic heterocycles. The van der Waals surface area contributed by atoms with Crippen LogP contribution in [0, 0.1) is 5.82 Å². The highest BCUT2D eigenvalue weighted by molar-refractivity contribution is 7.89. The largest absolute Gasteiger partial charge is 0.491 e. The van der Waals surface area contributed by atoms with Crippen molar-refractivity contribution in [3.8, 4) is 5.75 Å². The summed E-state index contributed by atoms with van der Waals surface area (Å²) in [6, 6.07) is 6.81. The van der Waals surface area contributed by atoms with Crippen LogP contribution in [-0.4, -0.2) is 40.6 Å². The van der Waals surface area contributed by atoms with E-state index in [-0.39, 0.29) is 23.2 Å². The van der Waals surface area contributed by atoms with Gasteiger partial charge in [-0.1, -0.05) is 0 Å². The number of rotatable bonds is 8. The third-order valence-electron chi connectivity index (χ3n) is 3.48. The van der Waals surface area contributed by atoms with Gasteiger partial charge in [-0.2, -0.15) is 0 Å². The number of nitrogens with zero attached hydrogens (tertiary/aromatic N) is 1. The van der Waals surface area contributed by atoms with E-state index in [0.29, 0.717) is 12.4 Å². The summed E-state index contributed by atoms with van der Waals surface area (Å²) in [4.78, 5) is 1.68. The molecule has 2 rings (SSSR count). The van der Waals surface area contributed by atoms with Crippen molar-refractivity contribution < 1.29 is 22.0 Å². The Balaban J connectivity index is 2.14. The summed E-state index contributed by atoms with van der Waals surface area (Å²) < 4.78 is 51.5. The van der Waals surface area contributed by atoms with Crippen LogP contribution in [0.5, 0.6) is 5.75 Å². The van der Waals surface area contributed by atoms with Gasteiger partial charge in [-0.05, 0) is 51.4 Å². The van der Waals surface area contributed by atoms with Crippen molar-refractivity contribution in [1.82, 2.24) is 9.62 Å². The first-order valence-corrected chi connectivity index (χ1v) is 8.95. The molecule has 132 valence electrons. The molecule has 0 aliphatic carbocycles. The fourth-order valence-electron chi connectivity index (χ4n) is 2.21. The molecule has 0 fully saturated rings. The second-order valence-corrected chi connectivity index (χ2v) is 7.14. The molecule has 1 aromatic carbocycles. The maximum Gasteiger partial charge on any atom is 0.240 e. The van der Waals surface area contributed by atoms with E-state index < -0.39 is 15.8 Å². The number of benzene rings is 1. The van der Waals surface area contributed by atoms with Crippen LogP contribution in [0.15, 0.2) is 45.9 Å². The Morgan fingerprint density at radius 1 is 1.33 bits per heavy atom. The van der Waals surface area contributed by atoms with E-state index in [9.17, 15) is 12.8 Å². The Hall–Kier alpha value is -1.90. The molecule has 0 bridgehead atoms. The van der Waals surface area contributed by atoms with Gasteiger partial charge < -0.3 is 9.15 Å². The van der Waals surface area contributed by atoms with Crippen molar-refractivity contribution in [2.24, 2.45) is 0 Å². The molecule has 0 amide bonds. The predicted molar refractivity (Wildman–Crippen MR) is 87.9 cm³/mol. The molecule has 0 radical (unpaired) electrons. The van der Waals surface area contributed by atoms with Crippen molar-refractivity contribution >= 4 is 10.0 Å². The molecule has 1 N–H and O–H groups in total. The lowest BCUT2D eigenvalue weighted by molar-refractivity contribution is 0.259. The van der Waals surface area contributed by atoms with Gasteiger partial charge in [0.2, 0.25) is 10.0 Å². The van der Waals surface area contributed by atoms with Crippen molar-refractivity contribution in [3.05, 3.63) is 48.2 Å². The van der Waals surface area contributed by atoms with Crippen molar-refractivity contribution in [2.45, 2.75) is 17.9 Å². The molecule has 1 unspecified atom stereocenters. The van der Waals surface area contributed by atoms with Crippen molar-refractivity contribution in [2.75, 3.05) is 27.2 Å². The van der Waals surface area contributed by atoms with Gasteiger partial charge in [0.15, 0.2) is 11.6 Å². The van der Waals surface area contributed by atoms with E-state index >= 15 is 0 Å². The number of sulfonamides is 1. The fraction of sp³-hybridized carbons (Fsp3) is 0.375. The topological polar surface area (TPSA) is 71.8 Å². The Morgan fingerprint density at radius 2 is 2.08 bits per heavy atom. The highest BCUT2D eigenvalue weighted by Gasteiger charge is 2.22. The minimum atomic E-state index is -3.85. The van der Waals surface area contributed by atoms with E-state index in [1.54, 1.807) is 19.1 Å². The first-order chi connectivity index (χ1) is 11.3. The maximum absolute atomic E-state index is 13.9. The normalized spacial score (nSPS) is 13.2. The molecule has 6 nitrogen and oxygen atoms in total. The molecule has 1 atom stereocenters. The van der Waals surface area contributed by atoms with E-state index in [0.717, 1.165) is 6.07 Å². The number of halogens is 1. The molecular weight excluding hydrogens is 335 g/mol. The van der Waals surface area contributed by atoms with Gasteiger partial charge in [-0.15, -0.1) is 0 Å². The van der Waals surface area contributed by atoms with Crippen LogP contribution in [0.1, 0.15) is 18.7 Å². The van der Waals surface area contributed by atoms with Crippen LogP contribution in [-0.2, 0) is 10.0 Å². The average Bonchev–Trinajstić information content (AvgIpc) is 3.03. The van der Waals surface area contributed by atoms with Crippen LogP contribution in [0.25, 0.3) is 0 Å². The second kappa shape index (κ2) is 7.78. The lowest BCUT2D eigenvalue weighted by Crippen LogP contribution is -2.34. The molecule has 0 spiro atoms. The van der Waals surface area contributed by atoms with Crippen LogP contribution in [0.4, 0.5) is 4.39 Å². The molecule has 0 saturated heterocycles. The van der Waals surface area contributed by atoms with E-state index in [1.165, 1.54) is 18.4 Å². The third-order valence-corrected chi connectivity index (χ3v) is 4.90. The predicted octanol–water partition coefficient (Wildman–Crippen LogP) is 2.40. The molecule has 8 heteroatoms. The molecule has 1 heterocycles. The summed E-state index contributed by atoms with van der Waals surface area (Å²) in [6.45, 7) is 2.12. The SMILES string of the molecule is CCOc1ccc(S(=O)(=O)NCC(c2ccco2)N(C)C)cc1F. The highest BCUT2D eigenvalue weighted by atomic mass is 32.2. The smallest absolute Gasteiger partial charge is 0.240 e. The van der Waals surface area contributed by atoms with Crippen molar-refractivity contribution in [3.63, 3.8) is 0 Å². The van der Waals surface area contributed by atoms with Gasteiger partial charge in [-0.25, -0.2) is 17.5 Å². The van der Waals surface area contributed by atoms with Gasteiger partial charge in [-0.3, -0.25) is 4.90 Å². The zero-order chi connectivity index (χ0) is 17.7. The monoisotopic (exact) mass is 356 g/mol. The second-order valence-electron chi connectivity index (χ2n) is 5.37. The number of hydrogen-bond acceptors (Lipinski definition) is 5. The zero-order valence-corrected chi connectivity index (χ0v) is 14.6. The summed E-state index contributed by atoms with van der Waals surface area (Å²) in [5.41, 5.74) is 0. The number of hydrogen-bond donors (Lipinski definition) is 1. The van der Waals surface area contributed by atoms with E-state index in [2.05, 4.69) is 4.72 Å². The minimum absolute atomic E-state index is 0.0261. The number of nitrogens with one attached hydrogen (secondary N) is 1. The minimum Gasteiger partial charge on any atom is -0.491 e. The Labute approximate surface area is 141 Å². The average molecular weight is 356 g/mol. The van der Waals surface area contributed by atoms with E-state index in [4.69, 9.17) is 9.15 Å². The van der Waals surface area contributed by atoms with Gasteiger partial charge in [0, 0.05) is 6.54 Å². The Morgan fingerprint density at radius 3 is 2.62 bits per heavy atom. The van der Waals surface area contributed by atoms with Crippen LogP contribution in [0.2, 0.25) is 0 Å². The maximum atomic E-state index is 13.9. The first kappa shape index (κ1) is 18.4. The molecule has 0 aliphatic rings. The molecule has 1 aromatic heterocycles. The number of furan rings is 1. The number of ether oxygens (including phenoxy) is 1. The van der Waals surface area contributed by atoms with Crippen LogP contribution in [0.3, 0.4) is 0 Å². The molecular formula is C16H21FN2O4S. The van der Waals surface area contributed by atoms with Gasteiger partial charge in [0.25, 0.3) is 0 Å². The zero-order valence-electron chi connectivity index (χ0n) is 13.8. The molecule has 0 saturated carbocycles. The highest BCUT2D eigenvalue weighted by Crippen LogP contribution is 2.22. The summed E-state index contributed by atoms with van der Waals surface area (Å²) in [7, 11) is -0.213. The Bertz CT molecular complexity index is 760. The first-order valence-electron chi connectivity index (χ1n) is 7.47. The third kappa shape index (κ3) is 4.34. The lowest BCUT2D eigenvalue weighted by Gasteiger charge is -2.22. The quantitative estimate of drug-likeness (QED) is 0.786. The summed E-state index contributed by atoms with van der Waals surface area (Å²) in [5, 5.41) is 0. The van der Waals surface area contributed by atoms with Crippen LogP contribution >= 0.6 is 0 Å². The number of likely N-dealkylation sites (N-methyl/N-ethyl adjacent to an activating group) is 1. The van der Waals surface area contributed by atoms with Crippen molar-refractivity contribution in [1.29, 1.82) is 0 Å². The summed E-state index contributed by atoms with van der Waals surface area (Å²) in [5.74, 6) is -0.0475. The van der Waals surface area contributed by atoms with Gasteiger partial charge >= 0.3 is 0 Å². The van der Waals surface area contributed by atoms with Crippen LogP contribution < -0.4 is 9.46 Å². The van der Waals surface area contributed by atoms with Gasteiger partial charge in [0.05, 0.1) is 23.8 Å². The summed E-state index contributed by atoms with van der Waals surface area (Å²) in [6.07, 6.45) is 1.53. The fourth-order valence-corrected chi connectivity index (χ4v) is 3.26. The molecule has 24 heavy (non-hydrogen) atoms. The standard InChI is InChI=1S/C16H21FN2O4S/c1-4-22-15-8-7-12(10-13(15)17)24(20,21)18-11-14(19(2)3)16-6-5-9-23-16/h5-10,14,18H,4,11H2,1-3H3. The van der Waals surface area contributed by atoms with E-state index in [1.807, 2.05) is 19.0 Å². The lowest BCUT2D eigenvalue weighted by atomic mass is 10.2. The summed E-state index contributed by atoms with van der Waals surface area (Å²) >= 11 is 0.